The first kappa shape index (κ1) is 17.7. The number of benzene rings is 1. The van der Waals surface area contributed by atoms with Crippen LogP contribution in [0, 0.1) is 11.3 Å². The van der Waals surface area contributed by atoms with Gasteiger partial charge in [0.25, 0.3) is 0 Å². The van der Waals surface area contributed by atoms with Gasteiger partial charge in [-0.2, -0.15) is 0 Å². The number of nitrogens with one attached hydrogen (secondary N) is 2. The van der Waals surface area contributed by atoms with Crippen LogP contribution in [0.1, 0.15) is 45.7 Å². The Bertz CT molecular complexity index is 616. The van der Waals surface area contributed by atoms with Crippen molar-refractivity contribution in [3.05, 3.63) is 34.3 Å². The molecule has 24 heavy (non-hydrogen) atoms. The number of halogens is 1. The lowest BCUT2D eigenvalue weighted by Gasteiger charge is -2.55. The molecule has 1 aromatic carbocycles. The predicted molar refractivity (Wildman–Crippen MR) is 102 cm³/mol. The van der Waals surface area contributed by atoms with Gasteiger partial charge in [0.05, 0.1) is 12.1 Å². The standard InChI is InChI=1S/C19H28BrN3O/c1-5-21-18(22-12(2)13-8-6-7-9-15(13)20)23-16-14-10-11-24-17(14)19(16,3)4/h6-9,12,14,16-17H,5,10-11H2,1-4H3,(H2,21,22,23). The SMILES string of the molecule is CCN=C(NC(C)c1ccccc1Br)NC1C2CCOC2C1(C)C. The van der Waals surface area contributed by atoms with E-state index in [1.54, 1.807) is 0 Å². The number of ether oxygens (including phenoxy) is 1. The average Bonchev–Trinajstić information content (AvgIpc) is 3.00. The Balaban J connectivity index is 1.70. The zero-order valence-electron chi connectivity index (χ0n) is 15.0. The number of nitrogens with zero attached hydrogens (tertiary/aromatic N) is 1. The number of aliphatic imine (C=N–C) groups is 1. The lowest BCUT2D eigenvalue weighted by molar-refractivity contribution is -0.106. The molecule has 4 nitrogen and oxygen atoms in total. The van der Waals surface area contributed by atoms with Crippen LogP contribution in [0.2, 0.25) is 0 Å². The van der Waals surface area contributed by atoms with Crippen LogP contribution in [-0.4, -0.2) is 31.3 Å². The van der Waals surface area contributed by atoms with E-state index in [0.717, 1.165) is 30.0 Å². The summed E-state index contributed by atoms with van der Waals surface area (Å²) in [4.78, 5) is 4.66. The summed E-state index contributed by atoms with van der Waals surface area (Å²) in [6.45, 7) is 10.5. The molecule has 1 heterocycles. The van der Waals surface area contributed by atoms with Crippen LogP contribution >= 0.6 is 15.9 Å². The van der Waals surface area contributed by atoms with Crippen molar-refractivity contribution in [2.75, 3.05) is 13.2 Å². The topological polar surface area (TPSA) is 45.7 Å². The van der Waals surface area contributed by atoms with Gasteiger partial charge in [-0.05, 0) is 31.9 Å². The molecule has 2 aliphatic rings. The summed E-state index contributed by atoms with van der Waals surface area (Å²) in [7, 11) is 0. The maximum Gasteiger partial charge on any atom is 0.191 e. The van der Waals surface area contributed by atoms with Gasteiger partial charge in [0.2, 0.25) is 0 Å². The molecule has 4 unspecified atom stereocenters. The Morgan fingerprint density at radius 2 is 2.17 bits per heavy atom. The van der Waals surface area contributed by atoms with Crippen molar-refractivity contribution in [3.8, 4) is 0 Å². The average molecular weight is 394 g/mol. The molecular weight excluding hydrogens is 366 g/mol. The van der Waals surface area contributed by atoms with Crippen LogP contribution in [0.25, 0.3) is 0 Å². The fourth-order valence-corrected chi connectivity index (χ4v) is 4.79. The van der Waals surface area contributed by atoms with Crippen LogP contribution in [0.15, 0.2) is 33.7 Å². The van der Waals surface area contributed by atoms with Crippen molar-refractivity contribution < 1.29 is 4.74 Å². The highest BCUT2D eigenvalue weighted by Crippen LogP contribution is 2.52. The van der Waals surface area contributed by atoms with Crippen molar-refractivity contribution in [2.45, 2.75) is 52.3 Å². The molecule has 1 aliphatic heterocycles. The second-order valence-electron chi connectivity index (χ2n) is 7.40. The van der Waals surface area contributed by atoms with Crippen molar-refractivity contribution >= 4 is 21.9 Å². The molecule has 1 aromatic rings. The normalized spacial score (nSPS) is 29.5. The molecule has 0 bridgehead atoms. The number of hydrogen-bond acceptors (Lipinski definition) is 2. The summed E-state index contributed by atoms with van der Waals surface area (Å²) in [5, 5.41) is 7.24. The van der Waals surface area contributed by atoms with Gasteiger partial charge >= 0.3 is 0 Å². The molecule has 1 saturated carbocycles. The maximum absolute atomic E-state index is 5.90. The van der Waals surface area contributed by atoms with Gasteiger partial charge in [-0.1, -0.05) is 48.0 Å². The molecule has 0 aromatic heterocycles. The molecule has 132 valence electrons. The summed E-state index contributed by atoms with van der Waals surface area (Å²) in [6, 6.07) is 8.91. The first-order valence-electron chi connectivity index (χ1n) is 8.88. The van der Waals surface area contributed by atoms with Gasteiger partial charge in [-0.25, -0.2) is 0 Å². The van der Waals surface area contributed by atoms with Crippen LogP contribution in [0.3, 0.4) is 0 Å². The Kier molecular flexibility index (Phi) is 5.21. The molecule has 3 rings (SSSR count). The highest BCUT2D eigenvalue weighted by atomic mass is 79.9. The van der Waals surface area contributed by atoms with Crippen LogP contribution in [0.4, 0.5) is 0 Å². The molecule has 0 amide bonds. The largest absolute Gasteiger partial charge is 0.377 e. The van der Waals surface area contributed by atoms with Gasteiger partial charge in [0.15, 0.2) is 5.96 Å². The number of guanidine groups is 1. The third-order valence-electron chi connectivity index (χ3n) is 5.43. The lowest BCUT2D eigenvalue weighted by atomic mass is 9.57. The molecule has 1 aliphatic carbocycles. The van der Waals surface area contributed by atoms with Crippen molar-refractivity contribution in [1.29, 1.82) is 0 Å². The minimum absolute atomic E-state index is 0.147. The second kappa shape index (κ2) is 7.04. The fourth-order valence-electron chi connectivity index (χ4n) is 4.16. The smallest absolute Gasteiger partial charge is 0.191 e. The van der Waals surface area contributed by atoms with E-state index in [1.807, 2.05) is 6.07 Å². The van der Waals surface area contributed by atoms with Gasteiger partial charge in [-0.3, -0.25) is 4.99 Å². The minimum Gasteiger partial charge on any atom is -0.377 e. The third kappa shape index (κ3) is 3.21. The van der Waals surface area contributed by atoms with Crippen molar-refractivity contribution in [1.82, 2.24) is 10.6 Å². The van der Waals surface area contributed by atoms with E-state index >= 15 is 0 Å². The highest BCUT2D eigenvalue weighted by Gasteiger charge is 2.59. The summed E-state index contributed by atoms with van der Waals surface area (Å²) in [6.07, 6.45) is 1.53. The minimum atomic E-state index is 0.147. The first-order valence-corrected chi connectivity index (χ1v) is 9.68. The van der Waals surface area contributed by atoms with E-state index in [1.165, 1.54) is 5.56 Å². The fraction of sp³-hybridized carbons (Fsp3) is 0.632. The van der Waals surface area contributed by atoms with E-state index in [-0.39, 0.29) is 11.5 Å². The van der Waals surface area contributed by atoms with Crippen LogP contribution in [-0.2, 0) is 4.74 Å². The van der Waals surface area contributed by atoms with E-state index < -0.39 is 0 Å². The Morgan fingerprint density at radius 1 is 1.42 bits per heavy atom. The van der Waals surface area contributed by atoms with Crippen LogP contribution in [0.5, 0.6) is 0 Å². The van der Waals surface area contributed by atoms with Crippen molar-refractivity contribution in [3.63, 3.8) is 0 Å². The molecule has 4 atom stereocenters. The Labute approximate surface area is 153 Å². The summed E-state index contributed by atoms with van der Waals surface area (Å²) < 4.78 is 7.02. The second-order valence-corrected chi connectivity index (χ2v) is 8.25. The lowest BCUT2D eigenvalue weighted by Crippen LogP contribution is -2.68. The zero-order chi connectivity index (χ0) is 17.3. The molecule has 0 radical (unpaired) electrons. The van der Waals surface area contributed by atoms with E-state index in [4.69, 9.17) is 4.74 Å². The number of rotatable bonds is 4. The monoisotopic (exact) mass is 393 g/mol. The predicted octanol–water partition coefficient (Wildman–Crippen LogP) is 3.88. The number of fused-ring (bicyclic) bond motifs is 1. The molecule has 2 fully saturated rings. The quantitative estimate of drug-likeness (QED) is 0.602. The van der Waals surface area contributed by atoms with E-state index in [0.29, 0.717) is 18.1 Å². The number of hydrogen-bond donors (Lipinski definition) is 2. The van der Waals surface area contributed by atoms with Crippen LogP contribution < -0.4 is 10.6 Å². The van der Waals surface area contributed by atoms with Gasteiger partial charge < -0.3 is 15.4 Å². The molecule has 5 heteroatoms. The van der Waals surface area contributed by atoms with Crippen molar-refractivity contribution in [2.24, 2.45) is 16.3 Å². The summed E-state index contributed by atoms with van der Waals surface area (Å²) in [5.41, 5.74) is 1.38. The molecule has 0 spiro atoms. The first-order chi connectivity index (χ1) is 11.4. The van der Waals surface area contributed by atoms with E-state index in [2.05, 4.69) is 77.4 Å². The maximum atomic E-state index is 5.90. The summed E-state index contributed by atoms with van der Waals surface area (Å²) in [5.74, 6) is 1.49. The van der Waals surface area contributed by atoms with Gasteiger partial charge in [0, 0.05) is 35.0 Å². The Hall–Kier alpha value is -1.07. The zero-order valence-corrected chi connectivity index (χ0v) is 16.6. The molecule has 1 saturated heterocycles. The molecular formula is C19H28BrN3O. The van der Waals surface area contributed by atoms with E-state index in [9.17, 15) is 0 Å². The van der Waals surface area contributed by atoms with Gasteiger partial charge in [0.1, 0.15) is 0 Å². The highest BCUT2D eigenvalue weighted by molar-refractivity contribution is 9.10. The van der Waals surface area contributed by atoms with Gasteiger partial charge in [-0.15, -0.1) is 0 Å². The third-order valence-corrected chi connectivity index (χ3v) is 6.16. The molecule has 2 N–H and O–H groups in total. The summed E-state index contributed by atoms with van der Waals surface area (Å²) >= 11 is 3.64. The Morgan fingerprint density at radius 3 is 2.88 bits per heavy atom.